The third-order valence-electron chi connectivity index (χ3n) is 5.82. The van der Waals surface area contributed by atoms with Crippen LogP contribution >= 0.6 is 12.2 Å². The monoisotopic (exact) mass is 411 g/mol. The number of fused-ring (bicyclic) bond motifs is 2. The fraction of sp³-hybridized carbons (Fsp3) is 0.632. The molecule has 0 spiro atoms. The molecule has 0 unspecified atom stereocenters. The Labute approximate surface area is 167 Å². The average molecular weight is 412 g/mol. The van der Waals surface area contributed by atoms with Crippen LogP contribution in [0.25, 0.3) is 0 Å². The van der Waals surface area contributed by atoms with Gasteiger partial charge in [-0.3, -0.25) is 0 Å². The maximum Gasteiger partial charge on any atom is 0.243 e. The van der Waals surface area contributed by atoms with Crippen LogP contribution in [0.3, 0.4) is 0 Å². The number of hydrogen-bond acceptors (Lipinski definition) is 4. The molecule has 2 N–H and O–H groups in total. The van der Waals surface area contributed by atoms with Gasteiger partial charge in [0.05, 0.1) is 17.7 Å². The van der Waals surface area contributed by atoms with Crippen LogP contribution in [-0.4, -0.2) is 44.1 Å². The molecule has 8 heteroatoms. The Morgan fingerprint density at radius 2 is 2.00 bits per heavy atom. The topological polar surface area (TPSA) is 70.7 Å². The molecule has 0 aliphatic heterocycles. The average Bonchev–Trinajstić information content (AvgIpc) is 3.25. The van der Waals surface area contributed by atoms with Crippen LogP contribution in [-0.2, 0) is 10.0 Å². The Morgan fingerprint density at radius 3 is 2.56 bits per heavy atom. The van der Waals surface area contributed by atoms with Gasteiger partial charge in [0.1, 0.15) is 5.75 Å². The molecular formula is C19H29N3O3S2. The van der Waals surface area contributed by atoms with Crippen LogP contribution < -0.4 is 15.4 Å². The predicted octanol–water partition coefficient (Wildman–Crippen LogP) is 3.20. The van der Waals surface area contributed by atoms with Crippen molar-refractivity contribution in [2.24, 2.45) is 11.8 Å². The van der Waals surface area contributed by atoms with Crippen LogP contribution in [0, 0.1) is 11.8 Å². The van der Waals surface area contributed by atoms with Crippen LogP contribution in [0.2, 0.25) is 0 Å². The molecule has 0 amide bonds. The molecule has 2 aliphatic rings. The lowest BCUT2D eigenvalue weighted by atomic mass is 9.96. The van der Waals surface area contributed by atoms with E-state index in [4.69, 9.17) is 17.0 Å². The summed E-state index contributed by atoms with van der Waals surface area (Å²) in [6.45, 7) is 4.52. The van der Waals surface area contributed by atoms with Gasteiger partial charge in [-0.25, -0.2) is 8.42 Å². The Kier molecular flexibility index (Phi) is 6.28. The van der Waals surface area contributed by atoms with Crippen LogP contribution in [0.1, 0.15) is 39.5 Å². The Hall–Kier alpha value is -1.38. The number of nitrogens with zero attached hydrogens (tertiary/aromatic N) is 1. The van der Waals surface area contributed by atoms with Gasteiger partial charge in [0.15, 0.2) is 5.11 Å². The molecule has 0 aromatic heterocycles. The summed E-state index contributed by atoms with van der Waals surface area (Å²) in [6.07, 6.45) is 5.06. The van der Waals surface area contributed by atoms with E-state index in [9.17, 15) is 8.42 Å². The van der Waals surface area contributed by atoms with Gasteiger partial charge in [0, 0.05) is 19.1 Å². The minimum atomic E-state index is -3.54. The highest BCUT2D eigenvalue weighted by Crippen LogP contribution is 2.44. The van der Waals surface area contributed by atoms with E-state index < -0.39 is 10.0 Å². The van der Waals surface area contributed by atoms with Gasteiger partial charge in [-0.05, 0) is 61.5 Å². The van der Waals surface area contributed by atoms with Crippen LogP contribution in [0.4, 0.5) is 5.69 Å². The van der Waals surface area contributed by atoms with Gasteiger partial charge in [0.2, 0.25) is 10.0 Å². The summed E-state index contributed by atoms with van der Waals surface area (Å²) in [5.41, 5.74) is 0.561. The van der Waals surface area contributed by atoms with Crippen molar-refractivity contribution in [2.45, 2.75) is 50.5 Å². The summed E-state index contributed by atoms with van der Waals surface area (Å²) in [5.74, 6) is 2.09. The summed E-state index contributed by atoms with van der Waals surface area (Å²) in [6, 6.07) is 5.25. The lowest BCUT2D eigenvalue weighted by Gasteiger charge is -2.25. The largest absolute Gasteiger partial charge is 0.495 e. The van der Waals surface area contributed by atoms with E-state index in [1.807, 2.05) is 13.8 Å². The first-order valence-electron chi connectivity index (χ1n) is 9.64. The fourth-order valence-corrected chi connectivity index (χ4v) is 6.15. The van der Waals surface area contributed by atoms with Crippen molar-refractivity contribution < 1.29 is 13.2 Å². The molecule has 0 radical (unpaired) electrons. The van der Waals surface area contributed by atoms with Gasteiger partial charge >= 0.3 is 0 Å². The second-order valence-corrected chi connectivity index (χ2v) is 9.68. The first-order chi connectivity index (χ1) is 12.9. The zero-order valence-electron chi connectivity index (χ0n) is 16.2. The van der Waals surface area contributed by atoms with E-state index in [2.05, 4.69) is 10.6 Å². The number of ether oxygens (including phenoxy) is 1. The number of benzene rings is 1. The molecule has 6 nitrogen and oxygen atoms in total. The van der Waals surface area contributed by atoms with E-state index in [1.165, 1.54) is 30.0 Å². The van der Waals surface area contributed by atoms with Crippen LogP contribution in [0.15, 0.2) is 23.1 Å². The first kappa shape index (κ1) is 20.4. The molecule has 1 aromatic carbocycles. The van der Waals surface area contributed by atoms with Gasteiger partial charge in [-0.2, -0.15) is 4.31 Å². The van der Waals surface area contributed by atoms with Gasteiger partial charge < -0.3 is 15.4 Å². The molecule has 27 heavy (non-hydrogen) atoms. The SMILES string of the molecule is CCN(CC)S(=O)(=O)c1ccc(OC)c(NC(=S)N[C@@H]2C[C@@H]3CC[C@@H]2C3)c1. The molecule has 0 saturated heterocycles. The van der Waals surface area contributed by atoms with E-state index in [0.717, 1.165) is 5.92 Å². The van der Waals surface area contributed by atoms with Crippen molar-refractivity contribution in [2.75, 3.05) is 25.5 Å². The molecule has 150 valence electrons. The zero-order valence-corrected chi connectivity index (χ0v) is 17.8. The smallest absolute Gasteiger partial charge is 0.243 e. The minimum Gasteiger partial charge on any atom is -0.495 e. The second-order valence-electron chi connectivity index (χ2n) is 7.33. The van der Waals surface area contributed by atoms with Crippen molar-refractivity contribution >= 4 is 33.0 Å². The molecule has 3 rings (SSSR count). The third kappa shape index (κ3) is 4.22. The molecule has 1 aromatic rings. The van der Waals surface area contributed by atoms with Gasteiger partial charge in [-0.15, -0.1) is 0 Å². The lowest BCUT2D eigenvalue weighted by Crippen LogP contribution is -2.40. The quantitative estimate of drug-likeness (QED) is 0.672. The summed E-state index contributed by atoms with van der Waals surface area (Å²) >= 11 is 5.49. The van der Waals surface area contributed by atoms with Crippen molar-refractivity contribution in [3.8, 4) is 5.75 Å². The summed E-state index contributed by atoms with van der Waals surface area (Å²) < 4.78 is 32.4. The molecule has 2 fully saturated rings. The van der Waals surface area contributed by atoms with Crippen molar-refractivity contribution in [3.63, 3.8) is 0 Å². The lowest BCUT2D eigenvalue weighted by molar-refractivity contribution is 0.391. The third-order valence-corrected chi connectivity index (χ3v) is 8.08. The predicted molar refractivity (Wildman–Crippen MR) is 112 cm³/mol. The van der Waals surface area contributed by atoms with Crippen molar-refractivity contribution in [1.82, 2.24) is 9.62 Å². The number of sulfonamides is 1. The Bertz CT molecular complexity index is 793. The first-order valence-corrected chi connectivity index (χ1v) is 11.5. The maximum atomic E-state index is 12.8. The van der Waals surface area contributed by atoms with Gasteiger partial charge in [0.25, 0.3) is 0 Å². The summed E-state index contributed by atoms with van der Waals surface area (Å²) in [5, 5.41) is 7.08. The molecule has 3 atom stereocenters. The number of nitrogens with one attached hydrogen (secondary N) is 2. The van der Waals surface area contributed by atoms with E-state index in [1.54, 1.807) is 25.3 Å². The maximum absolute atomic E-state index is 12.8. The summed E-state index contributed by atoms with van der Waals surface area (Å²) in [7, 11) is -1.98. The molecule has 2 saturated carbocycles. The fourth-order valence-electron chi connectivity index (χ4n) is 4.41. The normalized spacial score (nSPS) is 24.2. The van der Waals surface area contributed by atoms with Gasteiger partial charge in [-0.1, -0.05) is 20.3 Å². The number of thiocarbonyl (C=S) groups is 1. The number of hydrogen-bond donors (Lipinski definition) is 2. The standard InChI is InChI=1S/C19H29N3O3S2/c1-4-22(5-2)27(23,24)15-8-9-18(25-3)17(12-15)21-19(26)20-16-11-13-6-7-14(16)10-13/h8-9,12-14,16H,4-7,10-11H2,1-3H3,(H2,20,21,26)/t13-,14-,16-/m1/s1. The second kappa shape index (κ2) is 8.32. The van der Waals surface area contributed by atoms with Crippen molar-refractivity contribution in [3.05, 3.63) is 18.2 Å². The number of anilines is 1. The summed E-state index contributed by atoms with van der Waals surface area (Å²) in [4.78, 5) is 0.234. The molecule has 0 heterocycles. The number of methoxy groups -OCH3 is 1. The van der Waals surface area contributed by atoms with E-state index in [-0.39, 0.29) is 4.90 Å². The van der Waals surface area contributed by atoms with E-state index >= 15 is 0 Å². The van der Waals surface area contributed by atoms with Crippen molar-refractivity contribution in [1.29, 1.82) is 0 Å². The molecular weight excluding hydrogens is 382 g/mol. The Balaban J connectivity index is 1.76. The highest BCUT2D eigenvalue weighted by Gasteiger charge is 2.39. The minimum absolute atomic E-state index is 0.234. The highest BCUT2D eigenvalue weighted by molar-refractivity contribution is 7.89. The van der Waals surface area contributed by atoms with E-state index in [0.29, 0.717) is 41.6 Å². The highest BCUT2D eigenvalue weighted by atomic mass is 32.2. The number of rotatable bonds is 7. The molecule has 2 bridgehead atoms. The van der Waals surface area contributed by atoms with Crippen LogP contribution in [0.5, 0.6) is 5.75 Å². The Morgan fingerprint density at radius 1 is 1.26 bits per heavy atom. The molecule has 2 aliphatic carbocycles. The zero-order chi connectivity index (χ0) is 19.6.